The van der Waals surface area contributed by atoms with Gasteiger partial charge in [-0.2, -0.15) is 0 Å². The number of ether oxygens (including phenoxy) is 1. The Kier molecular flexibility index (Phi) is 5.70. The smallest absolute Gasteiger partial charge is 0.416 e. The van der Waals surface area contributed by atoms with Gasteiger partial charge < -0.3 is 9.64 Å². The first-order valence-corrected chi connectivity index (χ1v) is 10.6. The summed E-state index contributed by atoms with van der Waals surface area (Å²) >= 11 is 1.22. The van der Waals surface area contributed by atoms with E-state index in [1.165, 1.54) is 11.3 Å². The lowest BCUT2D eigenvalue weighted by atomic mass is 10.2. The van der Waals surface area contributed by atoms with E-state index in [9.17, 15) is 14.0 Å². The Labute approximate surface area is 171 Å². The van der Waals surface area contributed by atoms with Gasteiger partial charge in [0.15, 0.2) is 0 Å². The molecular formula is C19H22FN5O3S. The standard InChI is InChI=1S/C19H22FN5O3S/c1-2-3-8-28-19(27)25-7-5-14-15(17(25)26)29-16(23-14)12-9-21-18(22-10-12)24-6-4-13(20)11-24/h9-10,13H,2-8,11H2,1H3/t13-/m0/s1. The number of nitrogens with zero attached hydrogens (tertiary/aromatic N) is 5. The summed E-state index contributed by atoms with van der Waals surface area (Å²) in [5.74, 6) is 0.118. The molecule has 0 bridgehead atoms. The first-order valence-electron chi connectivity index (χ1n) is 9.76. The van der Waals surface area contributed by atoms with E-state index >= 15 is 0 Å². The van der Waals surface area contributed by atoms with E-state index in [4.69, 9.17) is 4.74 Å². The molecule has 2 aromatic rings. The third-order valence-electron chi connectivity index (χ3n) is 4.95. The van der Waals surface area contributed by atoms with Crippen LogP contribution >= 0.6 is 11.3 Å². The third-order valence-corrected chi connectivity index (χ3v) is 6.09. The van der Waals surface area contributed by atoms with Gasteiger partial charge in [0.25, 0.3) is 5.91 Å². The van der Waals surface area contributed by atoms with Gasteiger partial charge in [0.1, 0.15) is 16.1 Å². The molecule has 10 heteroatoms. The number of hydrogen-bond donors (Lipinski definition) is 0. The maximum Gasteiger partial charge on any atom is 0.416 e. The summed E-state index contributed by atoms with van der Waals surface area (Å²) in [6, 6.07) is 0. The maximum absolute atomic E-state index is 13.4. The van der Waals surface area contributed by atoms with Gasteiger partial charge in [-0.15, -0.1) is 11.3 Å². The number of fused-ring (bicyclic) bond motifs is 1. The zero-order chi connectivity index (χ0) is 20.4. The number of rotatable bonds is 5. The van der Waals surface area contributed by atoms with Gasteiger partial charge in [0.2, 0.25) is 5.95 Å². The summed E-state index contributed by atoms with van der Waals surface area (Å²) in [4.78, 5) is 41.5. The number of aromatic nitrogens is 3. The second kappa shape index (κ2) is 8.40. The molecule has 1 atom stereocenters. The third kappa shape index (κ3) is 4.07. The Morgan fingerprint density at radius 3 is 2.83 bits per heavy atom. The SMILES string of the molecule is CCCCOC(=O)N1CCc2nc(-c3cnc(N4CC[C@H](F)C4)nc3)sc2C1=O. The second-order valence-electron chi connectivity index (χ2n) is 7.07. The van der Waals surface area contributed by atoms with E-state index in [1.807, 2.05) is 11.8 Å². The van der Waals surface area contributed by atoms with Gasteiger partial charge in [0.05, 0.1) is 18.8 Å². The van der Waals surface area contributed by atoms with Crippen molar-refractivity contribution in [2.45, 2.75) is 38.8 Å². The van der Waals surface area contributed by atoms with Crippen molar-refractivity contribution in [3.63, 3.8) is 0 Å². The Hall–Kier alpha value is -2.62. The molecule has 2 aromatic heterocycles. The number of amides is 2. The van der Waals surface area contributed by atoms with Crippen molar-refractivity contribution < 1.29 is 18.7 Å². The molecule has 0 saturated carbocycles. The number of alkyl halides is 1. The minimum absolute atomic E-state index is 0.259. The van der Waals surface area contributed by atoms with E-state index in [-0.39, 0.29) is 12.5 Å². The molecule has 0 N–H and O–H groups in total. The molecule has 4 heterocycles. The monoisotopic (exact) mass is 419 g/mol. The highest BCUT2D eigenvalue weighted by molar-refractivity contribution is 7.17. The Bertz CT molecular complexity index is 904. The van der Waals surface area contributed by atoms with Crippen molar-refractivity contribution in [3.05, 3.63) is 23.0 Å². The van der Waals surface area contributed by atoms with Gasteiger partial charge in [-0.25, -0.2) is 29.0 Å². The molecule has 1 fully saturated rings. The van der Waals surface area contributed by atoms with Crippen LogP contribution in [0, 0.1) is 0 Å². The molecule has 29 heavy (non-hydrogen) atoms. The van der Waals surface area contributed by atoms with Crippen LogP contribution in [0.3, 0.4) is 0 Å². The van der Waals surface area contributed by atoms with E-state index in [2.05, 4.69) is 15.0 Å². The van der Waals surface area contributed by atoms with Crippen molar-refractivity contribution in [3.8, 4) is 10.6 Å². The lowest BCUT2D eigenvalue weighted by molar-refractivity contribution is 0.0646. The molecule has 2 aliphatic rings. The number of hydrogen-bond acceptors (Lipinski definition) is 8. The van der Waals surface area contributed by atoms with Crippen molar-refractivity contribution in [1.82, 2.24) is 19.9 Å². The molecule has 0 unspecified atom stereocenters. The Morgan fingerprint density at radius 2 is 2.14 bits per heavy atom. The molecule has 0 spiro atoms. The summed E-state index contributed by atoms with van der Waals surface area (Å²) in [6.07, 6.45) is 4.49. The van der Waals surface area contributed by atoms with E-state index in [0.29, 0.717) is 59.6 Å². The quantitative estimate of drug-likeness (QED) is 0.688. The van der Waals surface area contributed by atoms with Crippen LogP contribution in [-0.2, 0) is 11.2 Å². The van der Waals surface area contributed by atoms with E-state index in [0.717, 1.165) is 17.7 Å². The number of carbonyl (C=O) groups is 2. The van der Waals surface area contributed by atoms with Crippen molar-refractivity contribution in [2.24, 2.45) is 0 Å². The zero-order valence-corrected chi connectivity index (χ0v) is 17.0. The molecular weight excluding hydrogens is 397 g/mol. The van der Waals surface area contributed by atoms with Crippen LogP contribution in [0.2, 0.25) is 0 Å². The molecule has 154 valence electrons. The first-order chi connectivity index (χ1) is 14.1. The van der Waals surface area contributed by atoms with Crippen LogP contribution in [0.4, 0.5) is 15.1 Å². The Balaban J connectivity index is 1.47. The number of imide groups is 1. The molecule has 0 aliphatic carbocycles. The summed E-state index contributed by atoms with van der Waals surface area (Å²) < 4.78 is 18.5. The van der Waals surface area contributed by atoms with Crippen LogP contribution in [0.25, 0.3) is 10.6 Å². The maximum atomic E-state index is 13.4. The summed E-state index contributed by atoms with van der Waals surface area (Å²) in [5, 5.41) is 0.626. The van der Waals surface area contributed by atoms with Crippen LogP contribution < -0.4 is 4.90 Å². The van der Waals surface area contributed by atoms with Gasteiger partial charge in [-0.3, -0.25) is 4.79 Å². The van der Waals surface area contributed by atoms with E-state index < -0.39 is 12.3 Å². The number of halogens is 1. The van der Waals surface area contributed by atoms with Crippen molar-refractivity contribution in [2.75, 3.05) is 31.1 Å². The highest BCUT2D eigenvalue weighted by Crippen LogP contribution is 2.32. The first kappa shape index (κ1) is 19.7. The number of unbranched alkanes of at least 4 members (excludes halogenated alkanes) is 1. The fraction of sp³-hybridized carbons (Fsp3) is 0.526. The fourth-order valence-electron chi connectivity index (χ4n) is 3.30. The number of carbonyl (C=O) groups excluding carboxylic acids is 2. The van der Waals surface area contributed by atoms with Crippen molar-refractivity contribution >= 4 is 29.3 Å². The molecule has 0 radical (unpaired) electrons. The highest BCUT2D eigenvalue weighted by Gasteiger charge is 2.33. The van der Waals surface area contributed by atoms with Crippen LogP contribution in [0.15, 0.2) is 12.4 Å². The number of anilines is 1. The predicted molar refractivity (Wildman–Crippen MR) is 106 cm³/mol. The molecule has 8 nitrogen and oxygen atoms in total. The topological polar surface area (TPSA) is 88.5 Å². The summed E-state index contributed by atoms with van der Waals surface area (Å²) in [7, 11) is 0. The highest BCUT2D eigenvalue weighted by atomic mass is 32.1. The molecule has 4 rings (SSSR count). The van der Waals surface area contributed by atoms with Gasteiger partial charge in [-0.05, 0) is 12.8 Å². The Morgan fingerprint density at radius 1 is 1.34 bits per heavy atom. The minimum atomic E-state index is -0.841. The normalized spacial score (nSPS) is 18.8. The lowest BCUT2D eigenvalue weighted by Gasteiger charge is -2.23. The summed E-state index contributed by atoms with van der Waals surface area (Å²) in [5.41, 5.74) is 1.37. The second-order valence-corrected chi connectivity index (χ2v) is 8.07. The van der Waals surface area contributed by atoms with Gasteiger partial charge >= 0.3 is 6.09 Å². The predicted octanol–water partition coefficient (Wildman–Crippen LogP) is 3.08. The molecule has 1 saturated heterocycles. The van der Waals surface area contributed by atoms with E-state index in [1.54, 1.807) is 12.4 Å². The fourth-order valence-corrected chi connectivity index (χ4v) is 4.34. The minimum Gasteiger partial charge on any atom is -0.449 e. The average Bonchev–Trinajstić information content (AvgIpc) is 3.35. The van der Waals surface area contributed by atoms with Crippen LogP contribution in [0.5, 0.6) is 0 Å². The largest absolute Gasteiger partial charge is 0.449 e. The summed E-state index contributed by atoms with van der Waals surface area (Å²) in [6.45, 7) is 3.48. The number of thiazole rings is 1. The van der Waals surface area contributed by atoms with Crippen LogP contribution in [-0.4, -0.2) is 64.3 Å². The van der Waals surface area contributed by atoms with Crippen LogP contribution in [0.1, 0.15) is 41.6 Å². The molecule has 0 aromatic carbocycles. The van der Waals surface area contributed by atoms with Crippen molar-refractivity contribution in [1.29, 1.82) is 0 Å². The average molecular weight is 419 g/mol. The molecule has 2 amide bonds. The lowest BCUT2D eigenvalue weighted by Crippen LogP contribution is -2.41. The zero-order valence-electron chi connectivity index (χ0n) is 16.1. The van der Waals surface area contributed by atoms with Gasteiger partial charge in [-0.1, -0.05) is 13.3 Å². The molecule has 2 aliphatic heterocycles. The van der Waals surface area contributed by atoms with Gasteiger partial charge in [0, 0.05) is 37.5 Å².